The van der Waals surface area contributed by atoms with E-state index in [9.17, 15) is 9.59 Å². The van der Waals surface area contributed by atoms with E-state index in [1.807, 2.05) is 25.1 Å². The molecule has 1 unspecified atom stereocenters. The van der Waals surface area contributed by atoms with Crippen LogP contribution >= 0.6 is 0 Å². The van der Waals surface area contributed by atoms with Gasteiger partial charge in [0.15, 0.2) is 18.1 Å². The van der Waals surface area contributed by atoms with E-state index in [0.29, 0.717) is 30.5 Å². The number of benzene rings is 2. The first-order valence-corrected chi connectivity index (χ1v) is 8.77. The lowest BCUT2D eigenvalue weighted by Crippen LogP contribution is -2.31. The van der Waals surface area contributed by atoms with Crippen molar-refractivity contribution in [2.24, 2.45) is 5.73 Å². The number of carbonyl (C=O) groups is 2. The number of methoxy groups -OCH3 is 1. The first kappa shape index (κ1) is 19.3. The molecule has 0 radical (unpaired) electrons. The SMILES string of the molecule is COc1ccc(C(N)=O)c(OCC(=O)NC(C)c2ccc3c(c2)OCCO3)c1. The molecule has 3 rings (SSSR count). The van der Waals surface area contributed by atoms with Crippen molar-refractivity contribution in [1.29, 1.82) is 0 Å². The summed E-state index contributed by atoms with van der Waals surface area (Å²) in [4.78, 5) is 23.8. The molecule has 0 aliphatic carbocycles. The van der Waals surface area contributed by atoms with Gasteiger partial charge in [0.2, 0.25) is 0 Å². The Labute approximate surface area is 162 Å². The molecular formula is C20H22N2O6. The summed E-state index contributed by atoms with van der Waals surface area (Å²) in [6.07, 6.45) is 0. The molecular weight excluding hydrogens is 364 g/mol. The number of nitrogens with one attached hydrogen (secondary N) is 1. The monoisotopic (exact) mass is 386 g/mol. The van der Waals surface area contributed by atoms with Crippen LogP contribution in [0.2, 0.25) is 0 Å². The zero-order valence-electron chi connectivity index (χ0n) is 15.7. The van der Waals surface area contributed by atoms with Gasteiger partial charge in [0, 0.05) is 6.07 Å². The second-order valence-electron chi connectivity index (χ2n) is 6.21. The van der Waals surface area contributed by atoms with Crippen molar-refractivity contribution < 1.29 is 28.5 Å². The summed E-state index contributed by atoms with van der Waals surface area (Å²) >= 11 is 0. The van der Waals surface area contributed by atoms with E-state index in [2.05, 4.69) is 5.32 Å². The third-order valence-corrected chi connectivity index (χ3v) is 4.26. The first-order valence-electron chi connectivity index (χ1n) is 8.77. The van der Waals surface area contributed by atoms with E-state index in [1.54, 1.807) is 6.07 Å². The molecule has 28 heavy (non-hydrogen) atoms. The van der Waals surface area contributed by atoms with Gasteiger partial charge in [0.25, 0.3) is 11.8 Å². The first-order chi connectivity index (χ1) is 13.5. The number of amides is 2. The molecule has 8 heteroatoms. The summed E-state index contributed by atoms with van der Waals surface area (Å²) in [5.74, 6) is 1.03. The molecule has 1 heterocycles. The van der Waals surface area contributed by atoms with E-state index < -0.39 is 5.91 Å². The van der Waals surface area contributed by atoms with E-state index in [0.717, 1.165) is 5.56 Å². The van der Waals surface area contributed by atoms with Crippen molar-refractivity contribution in [2.45, 2.75) is 13.0 Å². The molecule has 0 spiro atoms. The van der Waals surface area contributed by atoms with Gasteiger partial charge in [-0.05, 0) is 36.8 Å². The maximum Gasteiger partial charge on any atom is 0.258 e. The van der Waals surface area contributed by atoms with Gasteiger partial charge in [-0.3, -0.25) is 9.59 Å². The summed E-state index contributed by atoms with van der Waals surface area (Å²) < 4.78 is 21.7. The topological polar surface area (TPSA) is 109 Å². The van der Waals surface area contributed by atoms with Crippen molar-refractivity contribution in [1.82, 2.24) is 5.32 Å². The summed E-state index contributed by atoms with van der Waals surface area (Å²) in [6, 6.07) is 9.85. The number of rotatable bonds is 7. The third-order valence-electron chi connectivity index (χ3n) is 4.26. The number of hydrogen-bond acceptors (Lipinski definition) is 6. The van der Waals surface area contributed by atoms with Gasteiger partial charge in [-0.15, -0.1) is 0 Å². The average molecular weight is 386 g/mol. The van der Waals surface area contributed by atoms with Gasteiger partial charge in [-0.1, -0.05) is 6.07 Å². The van der Waals surface area contributed by atoms with Crippen LogP contribution in [0.25, 0.3) is 0 Å². The Morgan fingerprint density at radius 3 is 2.61 bits per heavy atom. The van der Waals surface area contributed by atoms with Crippen LogP contribution in [-0.4, -0.2) is 38.7 Å². The maximum absolute atomic E-state index is 12.3. The second-order valence-corrected chi connectivity index (χ2v) is 6.21. The third kappa shape index (κ3) is 4.46. The van der Waals surface area contributed by atoms with Crippen LogP contribution in [-0.2, 0) is 4.79 Å². The summed E-state index contributed by atoms with van der Waals surface area (Å²) in [5, 5.41) is 2.84. The van der Waals surface area contributed by atoms with Crippen LogP contribution in [0.3, 0.4) is 0 Å². The van der Waals surface area contributed by atoms with Crippen molar-refractivity contribution in [3.63, 3.8) is 0 Å². The van der Waals surface area contributed by atoms with Crippen LogP contribution in [0.15, 0.2) is 36.4 Å². The van der Waals surface area contributed by atoms with Crippen LogP contribution in [0.4, 0.5) is 0 Å². The summed E-state index contributed by atoms with van der Waals surface area (Å²) in [5.41, 5.74) is 6.39. The number of ether oxygens (including phenoxy) is 4. The Balaban J connectivity index is 1.62. The zero-order chi connectivity index (χ0) is 20.1. The second kappa shape index (κ2) is 8.51. The van der Waals surface area contributed by atoms with Crippen molar-refractivity contribution in [3.05, 3.63) is 47.5 Å². The highest BCUT2D eigenvalue weighted by Gasteiger charge is 2.17. The minimum Gasteiger partial charge on any atom is -0.497 e. The minimum atomic E-state index is -0.650. The van der Waals surface area contributed by atoms with Crippen LogP contribution < -0.4 is 30.0 Å². The number of nitrogens with two attached hydrogens (primary N) is 1. The van der Waals surface area contributed by atoms with Crippen LogP contribution in [0, 0.1) is 0 Å². The quantitative estimate of drug-likeness (QED) is 0.751. The Bertz CT molecular complexity index is 883. The molecule has 0 saturated heterocycles. The van der Waals surface area contributed by atoms with Gasteiger partial charge < -0.3 is 30.0 Å². The largest absolute Gasteiger partial charge is 0.497 e. The van der Waals surface area contributed by atoms with Crippen molar-refractivity contribution in [2.75, 3.05) is 26.9 Å². The summed E-state index contributed by atoms with van der Waals surface area (Å²) in [6.45, 7) is 2.59. The van der Waals surface area contributed by atoms with Crippen molar-refractivity contribution >= 4 is 11.8 Å². The average Bonchev–Trinajstić information content (AvgIpc) is 2.71. The fraction of sp³-hybridized carbons (Fsp3) is 0.300. The zero-order valence-corrected chi connectivity index (χ0v) is 15.7. The smallest absolute Gasteiger partial charge is 0.258 e. The fourth-order valence-corrected chi connectivity index (χ4v) is 2.79. The lowest BCUT2D eigenvalue weighted by Gasteiger charge is -2.21. The number of primary amides is 1. The molecule has 1 aliphatic rings. The highest BCUT2D eigenvalue weighted by molar-refractivity contribution is 5.96. The van der Waals surface area contributed by atoms with Crippen molar-refractivity contribution in [3.8, 4) is 23.0 Å². The molecule has 2 aromatic carbocycles. The number of carbonyl (C=O) groups excluding carboxylic acids is 2. The Morgan fingerprint density at radius 1 is 1.14 bits per heavy atom. The van der Waals surface area contributed by atoms with E-state index in [-0.39, 0.29) is 29.9 Å². The molecule has 2 aromatic rings. The Morgan fingerprint density at radius 2 is 1.89 bits per heavy atom. The Hall–Kier alpha value is -3.42. The lowest BCUT2D eigenvalue weighted by molar-refractivity contribution is -0.123. The summed E-state index contributed by atoms with van der Waals surface area (Å²) in [7, 11) is 1.49. The van der Waals surface area contributed by atoms with Crippen LogP contribution in [0.5, 0.6) is 23.0 Å². The fourth-order valence-electron chi connectivity index (χ4n) is 2.79. The maximum atomic E-state index is 12.3. The van der Waals surface area contributed by atoms with Gasteiger partial charge in [0.05, 0.1) is 18.7 Å². The van der Waals surface area contributed by atoms with Gasteiger partial charge >= 0.3 is 0 Å². The normalized spacial score (nSPS) is 13.4. The van der Waals surface area contributed by atoms with Gasteiger partial charge in [0.1, 0.15) is 24.7 Å². The minimum absolute atomic E-state index is 0.175. The molecule has 3 N–H and O–H groups in total. The highest BCUT2D eigenvalue weighted by Crippen LogP contribution is 2.32. The highest BCUT2D eigenvalue weighted by atomic mass is 16.6. The predicted molar refractivity (Wildman–Crippen MR) is 101 cm³/mol. The lowest BCUT2D eigenvalue weighted by atomic mass is 10.1. The molecule has 0 fully saturated rings. The Kier molecular flexibility index (Phi) is 5.88. The number of hydrogen-bond donors (Lipinski definition) is 2. The molecule has 148 valence electrons. The molecule has 1 atom stereocenters. The van der Waals surface area contributed by atoms with Crippen LogP contribution in [0.1, 0.15) is 28.9 Å². The molecule has 2 amide bonds. The van der Waals surface area contributed by atoms with E-state index in [1.165, 1.54) is 19.2 Å². The van der Waals surface area contributed by atoms with Gasteiger partial charge in [-0.25, -0.2) is 0 Å². The standard InChI is InChI=1S/C20H22N2O6/c1-12(13-3-6-16-18(9-13)27-8-7-26-16)22-19(23)11-28-17-10-14(25-2)4-5-15(17)20(21)24/h3-6,9-10,12H,7-8,11H2,1-2H3,(H2,21,24)(H,22,23). The molecule has 0 bridgehead atoms. The van der Waals surface area contributed by atoms with E-state index in [4.69, 9.17) is 24.7 Å². The van der Waals surface area contributed by atoms with Gasteiger partial charge in [-0.2, -0.15) is 0 Å². The number of fused-ring (bicyclic) bond motifs is 1. The molecule has 0 saturated carbocycles. The van der Waals surface area contributed by atoms with E-state index >= 15 is 0 Å². The molecule has 1 aliphatic heterocycles. The predicted octanol–water partition coefficient (Wildman–Crippen LogP) is 1.82. The molecule has 0 aromatic heterocycles. The molecule has 8 nitrogen and oxygen atoms in total.